The van der Waals surface area contributed by atoms with Crippen LogP contribution in [-0.4, -0.2) is 16.7 Å². The van der Waals surface area contributed by atoms with Crippen LogP contribution >= 0.6 is 11.8 Å². The van der Waals surface area contributed by atoms with Gasteiger partial charge >= 0.3 is 5.69 Å². The SMILES string of the molecule is CCc1c(Sc2ccc3ccccc3c2)n(COC)c(=O)[nH]c1=O. The highest BCUT2D eigenvalue weighted by Gasteiger charge is 2.15. The van der Waals surface area contributed by atoms with Gasteiger partial charge in [-0.25, -0.2) is 4.79 Å². The Labute approximate surface area is 143 Å². The molecular formula is C18H18N2O3S. The second-order valence-corrected chi connectivity index (χ2v) is 6.42. The molecule has 1 aromatic heterocycles. The molecule has 124 valence electrons. The zero-order valence-electron chi connectivity index (χ0n) is 13.5. The van der Waals surface area contributed by atoms with E-state index in [0.717, 1.165) is 15.7 Å². The molecule has 0 amide bonds. The van der Waals surface area contributed by atoms with E-state index in [2.05, 4.69) is 17.1 Å². The minimum Gasteiger partial charge on any atom is -0.364 e. The van der Waals surface area contributed by atoms with Crippen LogP contribution < -0.4 is 11.2 Å². The van der Waals surface area contributed by atoms with Crippen LogP contribution in [0.2, 0.25) is 0 Å². The highest BCUT2D eigenvalue weighted by Crippen LogP contribution is 2.31. The average Bonchev–Trinajstić information content (AvgIpc) is 2.58. The molecule has 0 saturated carbocycles. The van der Waals surface area contributed by atoms with Gasteiger partial charge in [-0.15, -0.1) is 0 Å². The second-order valence-electron chi connectivity index (χ2n) is 5.35. The number of nitrogens with zero attached hydrogens (tertiary/aromatic N) is 1. The van der Waals surface area contributed by atoms with Gasteiger partial charge in [0.25, 0.3) is 5.56 Å². The number of aromatic amines is 1. The first-order chi connectivity index (χ1) is 11.6. The van der Waals surface area contributed by atoms with E-state index >= 15 is 0 Å². The number of nitrogens with one attached hydrogen (secondary N) is 1. The van der Waals surface area contributed by atoms with Crippen molar-refractivity contribution >= 4 is 22.5 Å². The van der Waals surface area contributed by atoms with Crippen LogP contribution in [0.25, 0.3) is 10.8 Å². The molecule has 3 aromatic rings. The highest BCUT2D eigenvalue weighted by atomic mass is 32.2. The molecule has 0 saturated heterocycles. The maximum Gasteiger partial charge on any atom is 0.331 e. The van der Waals surface area contributed by atoms with E-state index < -0.39 is 5.69 Å². The van der Waals surface area contributed by atoms with Crippen molar-refractivity contribution in [1.82, 2.24) is 9.55 Å². The summed E-state index contributed by atoms with van der Waals surface area (Å²) in [6, 6.07) is 14.2. The molecule has 0 spiro atoms. The zero-order valence-corrected chi connectivity index (χ0v) is 14.4. The average molecular weight is 342 g/mol. The summed E-state index contributed by atoms with van der Waals surface area (Å²) in [4.78, 5) is 27.6. The third-order valence-electron chi connectivity index (χ3n) is 3.79. The molecular weight excluding hydrogens is 324 g/mol. The highest BCUT2D eigenvalue weighted by molar-refractivity contribution is 7.99. The Hall–Kier alpha value is -2.31. The molecule has 0 bridgehead atoms. The normalized spacial score (nSPS) is 11.1. The van der Waals surface area contributed by atoms with Gasteiger partial charge in [-0.2, -0.15) is 0 Å². The quantitative estimate of drug-likeness (QED) is 0.724. The topological polar surface area (TPSA) is 64.1 Å². The van der Waals surface area contributed by atoms with Crippen molar-refractivity contribution in [3.05, 3.63) is 68.9 Å². The number of benzene rings is 2. The number of hydrogen-bond acceptors (Lipinski definition) is 4. The van der Waals surface area contributed by atoms with Gasteiger partial charge in [-0.05, 0) is 29.3 Å². The fraction of sp³-hybridized carbons (Fsp3) is 0.222. The number of rotatable bonds is 5. The first-order valence-corrected chi connectivity index (χ1v) is 8.47. The van der Waals surface area contributed by atoms with Gasteiger partial charge in [0.1, 0.15) is 6.73 Å². The molecule has 1 N–H and O–H groups in total. The van der Waals surface area contributed by atoms with Crippen LogP contribution in [0, 0.1) is 0 Å². The summed E-state index contributed by atoms with van der Waals surface area (Å²) < 4.78 is 6.58. The first-order valence-electron chi connectivity index (χ1n) is 7.65. The van der Waals surface area contributed by atoms with E-state index in [4.69, 9.17) is 4.74 Å². The van der Waals surface area contributed by atoms with E-state index in [0.29, 0.717) is 17.0 Å². The van der Waals surface area contributed by atoms with Gasteiger partial charge in [0, 0.05) is 17.6 Å². The van der Waals surface area contributed by atoms with E-state index in [9.17, 15) is 9.59 Å². The molecule has 0 unspecified atom stereocenters. The standard InChI is InChI=1S/C18H18N2O3S/c1-3-15-16(21)19-18(22)20(11-23-2)17(15)24-14-9-8-12-6-4-5-7-13(12)10-14/h4-10H,3,11H2,1-2H3,(H,19,21,22). The van der Waals surface area contributed by atoms with Crippen LogP contribution in [0.1, 0.15) is 12.5 Å². The Morgan fingerprint density at radius 3 is 2.58 bits per heavy atom. The summed E-state index contributed by atoms with van der Waals surface area (Å²) in [5, 5.41) is 2.90. The van der Waals surface area contributed by atoms with Crippen LogP contribution in [0.15, 0.2) is 62.0 Å². The number of methoxy groups -OCH3 is 1. The molecule has 0 fully saturated rings. The van der Waals surface area contributed by atoms with Gasteiger partial charge in [-0.3, -0.25) is 14.3 Å². The first kappa shape index (κ1) is 16.5. The molecule has 0 aliphatic carbocycles. The summed E-state index contributed by atoms with van der Waals surface area (Å²) in [6.07, 6.45) is 0.537. The molecule has 24 heavy (non-hydrogen) atoms. The van der Waals surface area contributed by atoms with Gasteiger partial charge < -0.3 is 4.74 Å². The minimum absolute atomic E-state index is 0.0958. The third kappa shape index (κ3) is 3.16. The van der Waals surface area contributed by atoms with Crippen LogP contribution in [0.3, 0.4) is 0 Å². The number of fused-ring (bicyclic) bond motifs is 1. The zero-order chi connectivity index (χ0) is 17.1. The van der Waals surface area contributed by atoms with Gasteiger partial charge in [0.15, 0.2) is 0 Å². The predicted octanol–water partition coefficient (Wildman–Crippen LogP) is 3.01. The largest absolute Gasteiger partial charge is 0.364 e. The van der Waals surface area contributed by atoms with E-state index in [1.54, 1.807) is 0 Å². The van der Waals surface area contributed by atoms with Crippen molar-refractivity contribution in [1.29, 1.82) is 0 Å². The Balaban J connectivity index is 2.13. The van der Waals surface area contributed by atoms with Crippen molar-refractivity contribution in [2.24, 2.45) is 0 Å². The molecule has 0 atom stereocenters. The maximum absolute atomic E-state index is 12.1. The lowest BCUT2D eigenvalue weighted by Gasteiger charge is -2.14. The Bertz CT molecular complexity index is 991. The predicted molar refractivity (Wildman–Crippen MR) is 95.8 cm³/mol. The smallest absolute Gasteiger partial charge is 0.331 e. The van der Waals surface area contributed by atoms with Crippen molar-refractivity contribution in [3.8, 4) is 0 Å². The molecule has 1 heterocycles. The summed E-state index contributed by atoms with van der Waals surface area (Å²) >= 11 is 1.41. The molecule has 5 nitrogen and oxygen atoms in total. The summed E-state index contributed by atoms with van der Waals surface area (Å²) in [5.41, 5.74) is -0.203. The van der Waals surface area contributed by atoms with E-state index in [-0.39, 0.29) is 12.3 Å². The van der Waals surface area contributed by atoms with Crippen molar-refractivity contribution < 1.29 is 4.74 Å². The summed E-state index contributed by atoms with van der Waals surface area (Å²) in [5.74, 6) is 0. The van der Waals surface area contributed by atoms with E-state index in [1.807, 2.05) is 37.3 Å². The van der Waals surface area contributed by atoms with Crippen molar-refractivity contribution in [3.63, 3.8) is 0 Å². The van der Waals surface area contributed by atoms with E-state index in [1.165, 1.54) is 23.4 Å². The molecule has 6 heteroatoms. The molecule has 0 radical (unpaired) electrons. The van der Waals surface area contributed by atoms with Crippen molar-refractivity contribution in [2.45, 2.75) is 30.0 Å². The molecule has 3 rings (SSSR count). The number of H-pyrrole nitrogens is 1. The Morgan fingerprint density at radius 2 is 1.88 bits per heavy atom. The van der Waals surface area contributed by atoms with Crippen LogP contribution in [-0.2, 0) is 17.9 Å². The monoisotopic (exact) mass is 342 g/mol. The fourth-order valence-electron chi connectivity index (χ4n) is 2.61. The van der Waals surface area contributed by atoms with Crippen molar-refractivity contribution in [2.75, 3.05) is 7.11 Å². The van der Waals surface area contributed by atoms with Gasteiger partial charge in [-0.1, -0.05) is 49.0 Å². The van der Waals surface area contributed by atoms with Crippen LogP contribution in [0.5, 0.6) is 0 Å². The second kappa shape index (κ2) is 7.07. The lowest BCUT2D eigenvalue weighted by atomic mass is 10.1. The Kier molecular flexibility index (Phi) is 4.87. The Morgan fingerprint density at radius 1 is 1.12 bits per heavy atom. The number of hydrogen-bond donors (Lipinski definition) is 1. The summed E-state index contributed by atoms with van der Waals surface area (Å²) in [6.45, 7) is 2.00. The molecule has 0 aliphatic rings. The summed E-state index contributed by atoms with van der Waals surface area (Å²) in [7, 11) is 1.52. The number of ether oxygens (including phenoxy) is 1. The lowest BCUT2D eigenvalue weighted by Crippen LogP contribution is -2.34. The third-order valence-corrected chi connectivity index (χ3v) is 4.94. The molecule has 0 aliphatic heterocycles. The van der Waals surface area contributed by atoms with Gasteiger partial charge in [0.05, 0.1) is 5.03 Å². The number of aromatic nitrogens is 2. The maximum atomic E-state index is 12.1. The minimum atomic E-state index is -0.456. The van der Waals surface area contributed by atoms with Crippen LogP contribution in [0.4, 0.5) is 0 Å². The fourth-order valence-corrected chi connectivity index (χ4v) is 3.76. The molecule has 2 aromatic carbocycles. The lowest BCUT2D eigenvalue weighted by molar-refractivity contribution is 0.119. The van der Waals surface area contributed by atoms with Gasteiger partial charge in [0.2, 0.25) is 0 Å².